The minimum Gasteiger partial charge on any atom is -0.494 e. The molecule has 1 amide bonds. The Labute approximate surface area is 174 Å². The summed E-state index contributed by atoms with van der Waals surface area (Å²) in [6, 6.07) is 14.0. The monoisotopic (exact) mass is 410 g/mol. The highest BCUT2D eigenvalue weighted by Gasteiger charge is 2.09. The zero-order valence-electron chi connectivity index (χ0n) is 17.2. The van der Waals surface area contributed by atoms with Gasteiger partial charge in [-0.3, -0.25) is 19.1 Å². The highest BCUT2D eigenvalue weighted by molar-refractivity contribution is 5.90. The topological polar surface area (TPSA) is 96.4 Å². The van der Waals surface area contributed by atoms with Gasteiger partial charge >= 0.3 is 5.69 Å². The molecule has 0 radical (unpaired) electrons. The molecular formula is C22H26N4O4. The summed E-state index contributed by atoms with van der Waals surface area (Å²) in [5.74, 6) is 0.523. The first-order valence-corrected chi connectivity index (χ1v) is 9.83. The first-order valence-electron chi connectivity index (χ1n) is 9.83. The van der Waals surface area contributed by atoms with Crippen LogP contribution in [0.4, 0.5) is 5.69 Å². The van der Waals surface area contributed by atoms with Crippen molar-refractivity contribution < 1.29 is 9.53 Å². The molecule has 0 fully saturated rings. The molecule has 0 aliphatic rings. The van der Waals surface area contributed by atoms with Gasteiger partial charge in [-0.2, -0.15) is 0 Å². The third kappa shape index (κ3) is 5.57. The Morgan fingerprint density at radius 2 is 1.83 bits per heavy atom. The van der Waals surface area contributed by atoms with E-state index in [1.165, 1.54) is 4.57 Å². The Hall–Kier alpha value is -3.39. The van der Waals surface area contributed by atoms with E-state index in [9.17, 15) is 14.4 Å². The van der Waals surface area contributed by atoms with Gasteiger partial charge in [0.1, 0.15) is 5.75 Å². The van der Waals surface area contributed by atoms with Gasteiger partial charge in [-0.25, -0.2) is 4.79 Å². The molecule has 3 rings (SSSR count). The van der Waals surface area contributed by atoms with Crippen molar-refractivity contribution in [3.8, 4) is 5.75 Å². The van der Waals surface area contributed by atoms with Crippen molar-refractivity contribution in [3.05, 3.63) is 69.4 Å². The minimum absolute atomic E-state index is 0.0960. The lowest BCUT2D eigenvalue weighted by Gasteiger charge is -2.11. The molecule has 0 aliphatic carbocycles. The fourth-order valence-corrected chi connectivity index (χ4v) is 3.11. The van der Waals surface area contributed by atoms with Crippen LogP contribution in [0.5, 0.6) is 5.75 Å². The molecule has 30 heavy (non-hydrogen) atoms. The molecule has 0 unspecified atom stereocenters. The van der Waals surface area contributed by atoms with Gasteiger partial charge in [-0.05, 0) is 56.9 Å². The fourth-order valence-electron chi connectivity index (χ4n) is 3.11. The van der Waals surface area contributed by atoms with Crippen LogP contribution in [0, 0.1) is 0 Å². The molecule has 8 heteroatoms. The molecular weight excluding hydrogens is 384 g/mol. The quantitative estimate of drug-likeness (QED) is 0.527. The van der Waals surface area contributed by atoms with Crippen molar-refractivity contribution in [3.63, 3.8) is 0 Å². The largest absolute Gasteiger partial charge is 0.494 e. The maximum Gasteiger partial charge on any atom is 0.328 e. The number of ether oxygens (including phenoxy) is 1. The number of hydrogen-bond acceptors (Lipinski definition) is 5. The van der Waals surface area contributed by atoms with Gasteiger partial charge in [0.2, 0.25) is 5.91 Å². The third-order valence-electron chi connectivity index (χ3n) is 4.62. The lowest BCUT2D eigenvalue weighted by molar-refractivity contribution is -0.116. The van der Waals surface area contributed by atoms with Crippen molar-refractivity contribution >= 4 is 22.5 Å². The number of aryl methyl sites for hydroxylation is 1. The van der Waals surface area contributed by atoms with Gasteiger partial charge in [0, 0.05) is 25.2 Å². The number of carbonyl (C=O) groups is 1. The van der Waals surface area contributed by atoms with Crippen LogP contribution in [0.1, 0.15) is 12.8 Å². The van der Waals surface area contributed by atoms with Crippen molar-refractivity contribution in [2.75, 3.05) is 32.6 Å². The van der Waals surface area contributed by atoms with E-state index in [4.69, 9.17) is 4.74 Å². The minimum atomic E-state index is -0.526. The Kier molecular flexibility index (Phi) is 7.03. The van der Waals surface area contributed by atoms with Crippen molar-refractivity contribution in [1.29, 1.82) is 0 Å². The molecule has 0 atom stereocenters. The number of aromatic amines is 1. The number of rotatable bonds is 9. The molecule has 2 aromatic carbocycles. The van der Waals surface area contributed by atoms with Gasteiger partial charge in [-0.1, -0.05) is 12.1 Å². The summed E-state index contributed by atoms with van der Waals surface area (Å²) in [5, 5.41) is 3.23. The van der Waals surface area contributed by atoms with Crippen LogP contribution in [0.25, 0.3) is 10.9 Å². The summed E-state index contributed by atoms with van der Waals surface area (Å²) >= 11 is 0. The lowest BCUT2D eigenvalue weighted by Crippen LogP contribution is -2.31. The predicted molar refractivity (Wildman–Crippen MR) is 117 cm³/mol. The first-order chi connectivity index (χ1) is 14.4. The van der Waals surface area contributed by atoms with E-state index in [0.29, 0.717) is 23.2 Å². The zero-order chi connectivity index (χ0) is 21.5. The second-order valence-corrected chi connectivity index (χ2v) is 7.26. The summed E-state index contributed by atoms with van der Waals surface area (Å²) < 4.78 is 7.08. The number of amides is 1. The van der Waals surface area contributed by atoms with E-state index in [1.54, 1.807) is 36.4 Å². The van der Waals surface area contributed by atoms with Crippen molar-refractivity contribution in [2.24, 2.45) is 0 Å². The first kappa shape index (κ1) is 21.3. The number of nitrogens with zero attached hydrogens (tertiary/aromatic N) is 2. The number of hydrogen-bond donors (Lipinski definition) is 2. The lowest BCUT2D eigenvalue weighted by atomic mass is 10.2. The number of aromatic nitrogens is 2. The zero-order valence-corrected chi connectivity index (χ0v) is 17.2. The molecule has 0 bridgehead atoms. The maximum atomic E-state index is 12.3. The van der Waals surface area contributed by atoms with Crippen LogP contribution in [-0.4, -0.2) is 47.6 Å². The number of fused-ring (bicyclic) bond motifs is 1. The van der Waals surface area contributed by atoms with Crippen LogP contribution in [-0.2, 0) is 11.3 Å². The van der Waals surface area contributed by atoms with E-state index in [2.05, 4.69) is 15.2 Å². The van der Waals surface area contributed by atoms with Crippen molar-refractivity contribution in [2.45, 2.75) is 19.4 Å². The van der Waals surface area contributed by atoms with E-state index >= 15 is 0 Å². The average molecular weight is 410 g/mol. The van der Waals surface area contributed by atoms with Crippen LogP contribution < -0.4 is 21.3 Å². The van der Waals surface area contributed by atoms with Crippen LogP contribution in [0.2, 0.25) is 0 Å². The molecule has 0 saturated carbocycles. The molecule has 0 saturated heterocycles. The maximum absolute atomic E-state index is 12.3. The predicted octanol–water partition coefficient (Wildman–Crippen LogP) is 2.05. The standard InChI is InChI=1S/C22H26N4O4/c1-25(2)13-5-15-30-17-10-8-16(9-11-17)23-20(27)12-14-26-19-7-4-3-6-18(19)21(28)24-22(26)29/h3-4,6-11H,5,12-15H2,1-2H3,(H,23,27)(H,24,28,29). The van der Waals surface area contributed by atoms with Gasteiger partial charge in [0.25, 0.3) is 5.56 Å². The van der Waals surface area contributed by atoms with Crippen molar-refractivity contribution in [1.82, 2.24) is 14.5 Å². The summed E-state index contributed by atoms with van der Waals surface area (Å²) in [6.07, 6.45) is 1.03. The smallest absolute Gasteiger partial charge is 0.328 e. The molecule has 1 heterocycles. The highest BCUT2D eigenvalue weighted by Crippen LogP contribution is 2.16. The second kappa shape index (κ2) is 9.89. The molecule has 2 N–H and O–H groups in total. The van der Waals surface area contributed by atoms with E-state index in [1.807, 2.05) is 26.2 Å². The number of anilines is 1. The van der Waals surface area contributed by atoms with Gasteiger partial charge in [-0.15, -0.1) is 0 Å². The van der Waals surface area contributed by atoms with Gasteiger partial charge < -0.3 is 15.0 Å². The Morgan fingerprint density at radius 3 is 2.57 bits per heavy atom. The summed E-state index contributed by atoms with van der Waals surface area (Å²) in [7, 11) is 4.04. The summed E-state index contributed by atoms with van der Waals surface area (Å²) in [4.78, 5) is 40.8. The molecule has 1 aromatic heterocycles. The number of H-pyrrole nitrogens is 1. The van der Waals surface area contributed by atoms with E-state index in [-0.39, 0.29) is 18.9 Å². The van der Waals surface area contributed by atoms with Crippen LogP contribution in [0.15, 0.2) is 58.1 Å². The Morgan fingerprint density at radius 1 is 1.10 bits per heavy atom. The van der Waals surface area contributed by atoms with Gasteiger partial charge in [0.15, 0.2) is 0 Å². The molecule has 158 valence electrons. The second-order valence-electron chi connectivity index (χ2n) is 7.26. The Balaban J connectivity index is 1.56. The molecule has 0 spiro atoms. The summed E-state index contributed by atoms with van der Waals surface area (Å²) in [5.41, 5.74) is 0.205. The molecule has 8 nitrogen and oxygen atoms in total. The highest BCUT2D eigenvalue weighted by atomic mass is 16.5. The van der Waals surface area contributed by atoms with E-state index in [0.717, 1.165) is 18.7 Å². The average Bonchev–Trinajstić information content (AvgIpc) is 2.72. The molecule has 0 aliphatic heterocycles. The SMILES string of the molecule is CN(C)CCCOc1ccc(NC(=O)CCn2c(=O)[nH]c(=O)c3ccccc32)cc1. The number of benzene rings is 2. The normalized spacial score (nSPS) is 11.0. The number of nitrogens with one attached hydrogen (secondary N) is 2. The number of carbonyl (C=O) groups excluding carboxylic acids is 1. The summed E-state index contributed by atoms with van der Waals surface area (Å²) in [6.45, 7) is 1.75. The molecule has 3 aromatic rings. The van der Waals surface area contributed by atoms with Crippen LogP contribution >= 0.6 is 0 Å². The fraction of sp³-hybridized carbons (Fsp3) is 0.318. The van der Waals surface area contributed by atoms with E-state index < -0.39 is 11.2 Å². The number of para-hydroxylation sites is 1. The third-order valence-corrected chi connectivity index (χ3v) is 4.62. The van der Waals surface area contributed by atoms with Gasteiger partial charge in [0.05, 0.1) is 17.5 Å². The van der Waals surface area contributed by atoms with Crippen LogP contribution in [0.3, 0.4) is 0 Å². The Bertz CT molecular complexity index is 1120.